The Morgan fingerprint density at radius 1 is 0.889 bits per heavy atom. The summed E-state index contributed by atoms with van der Waals surface area (Å²) in [6.45, 7) is 4.03. The fourth-order valence-electron chi connectivity index (χ4n) is 2.12. The molecule has 2 heteroatoms. The highest BCUT2D eigenvalue weighted by Gasteiger charge is 2.18. The van der Waals surface area contributed by atoms with Crippen molar-refractivity contribution in [3.8, 4) is 0 Å². The first-order valence-electron chi connectivity index (χ1n) is 6.14. The predicted octanol–water partition coefficient (Wildman–Crippen LogP) is 3.04. The summed E-state index contributed by atoms with van der Waals surface area (Å²) in [6, 6.07) is 15.4. The van der Waals surface area contributed by atoms with Gasteiger partial charge in [0.25, 0.3) is 0 Å². The molecule has 0 amide bonds. The molecule has 2 nitrogen and oxygen atoms in total. The number of rotatable bonds is 3. The van der Waals surface area contributed by atoms with Crippen LogP contribution in [0.2, 0.25) is 0 Å². The van der Waals surface area contributed by atoms with Crippen LogP contribution in [0.1, 0.15) is 34.4 Å². The van der Waals surface area contributed by atoms with Gasteiger partial charge >= 0.3 is 0 Å². The van der Waals surface area contributed by atoms with Gasteiger partial charge in [0.2, 0.25) is 0 Å². The molecule has 0 aliphatic carbocycles. The van der Waals surface area contributed by atoms with Gasteiger partial charge in [-0.2, -0.15) is 0 Å². The third-order valence-electron chi connectivity index (χ3n) is 3.15. The van der Waals surface area contributed by atoms with Crippen LogP contribution in [0.3, 0.4) is 0 Å². The van der Waals surface area contributed by atoms with Gasteiger partial charge < -0.3 is 10.8 Å². The molecule has 0 fully saturated rings. The van der Waals surface area contributed by atoms with Crippen LogP contribution in [0.25, 0.3) is 0 Å². The monoisotopic (exact) mass is 241 g/mol. The molecule has 0 aromatic heterocycles. The number of aryl methyl sites for hydroxylation is 2. The minimum Gasteiger partial charge on any atom is -0.386 e. The second kappa shape index (κ2) is 5.34. The van der Waals surface area contributed by atoms with Crippen LogP contribution >= 0.6 is 0 Å². The lowest BCUT2D eigenvalue weighted by Gasteiger charge is -2.20. The van der Waals surface area contributed by atoms with Gasteiger partial charge in [0.15, 0.2) is 0 Å². The fraction of sp³-hybridized carbons (Fsp3) is 0.250. The van der Waals surface area contributed by atoms with Crippen molar-refractivity contribution >= 4 is 0 Å². The number of aliphatic hydroxyl groups is 1. The summed E-state index contributed by atoms with van der Waals surface area (Å²) in [5.74, 6) is 0. The normalized spacial score (nSPS) is 14.2. The van der Waals surface area contributed by atoms with Gasteiger partial charge in [-0.05, 0) is 25.0 Å². The SMILES string of the molecule is Cc1cccc(C(N)C(O)c2cccc(C)c2)c1. The molecule has 0 radical (unpaired) electrons. The van der Waals surface area contributed by atoms with E-state index in [1.807, 2.05) is 62.4 Å². The van der Waals surface area contributed by atoms with Crippen LogP contribution in [0.5, 0.6) is 0 Å². The second-order valence-electron chi connectivity index (χ2n) is 4.80. The smallest absolute Gasteiger partial charge is 0.0982 e. The Morgan fingerprint density at radius 3 is 1.94 bits per heavy atom. The minimum absolute atomic E-state index is 0.397. The maximum absolute atomic E-state index is 10.3. The van der Waals surface area contributed by atoms with Gasteiger partial charge in [0.1, 0.15) is 0 Å². The van der Waals surface area contributed by atoms with Gasteiger partial charge in [-0.15, -0.1) is 0 Å². The molecule has 0 bridgehead atoms. The van der Waals surface area contributed by atoms with E-state index in [2.05, 4.69) is 0 Å². The lowest BCUT2D eigenvalue weighted by atomic mass is 9.95. The Morgan fingerprint density at radius 2 is 1.39 bits per heavy atom. The minimum atomic E-state index is -0.674. The Bertz CT molecular complexity index is 487. The Hall–Kier alpha value is -1.64. The van der Waals surface area contributed by atoms with Crippen LogP contribution in [0.15, 0.2) is 48.5 Å². The molecule has 0 saturated carbocycles. The van der Waals surface area contributed by atoms with Crippen LogP contribution in [-0.4, -0.2) is 5.11 Å². The van der Waals surface area contributed by atoms with Crippen molar-refractivity contribution in [2.45, 2.75) is 26.0 Å². The summed E-state index contributed by atoms with van der Waals surface area (Å²) < 4.78 is 0. The molecule has 2 aromatic rings. The van der Waals surface area contributed by atoms with Crippen LogP contribution in [-0.2, 0) is 0 Å². The number of hydrogen-bond acceptors (Lipinski definition) is 2. The van der Waals surface area contributed by atoms with Crippen molar-refractivity contribution < 1.29 is 5.11 Å². The molecule has 0 aliphatic heterocycles. The van der Waals surface area contributed by atoms with Gasteiger partial charge in [0, 0.05) is 0 Å². The van der Waals surface area contributed by atoms with E-state index in [9.17, 15) is 5.11 Å². The number of nitrogens with two attached hydrogens (primary N) is 1. The van der Waals surface area contributed by atoms with Crippen LogP contribution in [0.4, 0.5) is 0 Å². The molecule has 94 valence electrons. The fourth-order valence-corrected chi connectivity index (χ4v) is 2.12. The highest BCUT2D eigenvalue weighted by Crippen LogP contribution is 2.27. The van der Waals surface area contributed by atoms with Crippen molar-refractivity contribution in [3.63, 3.8) is 0 Å². The maximum atomic E-state index is 10.3. The van der Waals surface area contributed by atoms with Gasteiger partial charge in [0.05, 0.1) is 12.1 Å². The highest BCUT2D eigenvalue weighted by molar-refractivity contribution is 5.30. The first-order valence-corrected chi connectivity index (χ1v) is 6.14. The van der Waals surface area contributed by atoms with E-state index in [0.717, 1.165) is 22.3 Å². The van der Waals surface area contributed by atoms with Crippen molar-refractivity contribution in [2.75, 3.05) is 0 Å². The Kier molecular flexibility index (Phi) is 3.80. The Balaban J connectivity index is 2.26. The molecule has 18 heavy (non-hydrogen) atoms. The van der Waals surface area contributed by atoms with E-state index in [0.29, 0.717) is 0 Å². The summed E-state index contributed by atoms with van der Waals surface area (Å²) in [5.41, 5.74) is 10.2. The van der Waals surface area contributed by atoms with E-state index < -0.39 is 12.1 Å². The number of benzene rings is 2. The van der Waals surface area contributed by atoms with E-state index in [4.69, 9.17) is 5.73 Å². The highest BCUT2D eigenvalue weighted by atomic mass is 16.3. The summed E-state index contributed by atoms with van der Waals surface area (Å²) in [6.07, 6.45) is -0.674. The zero-order chi connectivity index (χ0) is 13.1. The lowest BCUT2D eigenvalue weighted by molar-refractivity contribution is 0.147. The molecule has 0 saturated heterocycles. The first kappa shape index (κ1) is 12.8. The third kappa shape index (κ3) is 2.78. The molecule has 0 aliphatic rings. The zero-order valence-electron chi connectivity index (χ0n) is 10.8. The molecule has 2 unspecified atom stereocenters. The summed E-state index contributed by atoms with van der Waals surface area (Å²) in [4.78, 5) is 0. The molecular weight excluding hydrogens is 222 g/mol. The van der Waals surface area contributed by atoms with Crippen molar-refractivity contribution in [2.24, 2.45) is 5.73 Å². The quantitative estimate of drug-likeness (QED) is 0.867. The molecule has 0 heterocycles. The largest absolute Gasteiger partial charge is 0.386 e. The first-order chi connectivity index (χ1) is 8.58. The average molecular weight is 241 g/mol. The van der Waals surface area contributed by atoms with Crippen molar-refractivity contribution in [3.05, 3.63) is 70.8 Å². The topological polar surface area (TPSA) is 46.2 Å². The maximum Gasteiger partial charge on any atom is 0.0982 e. The molecule has 2 rings (SSSR count). The van der Waals surface area contributed by atoms with Crippen molar-refractivity contribution in [1.29, 1.82) is 0 Å². The Labute approximate surface area is 108 Å². The van der Waals surface area contributed by atoms with Gasteiger partial charge in [-0.25, -0.2) is 0 Å². The van der Waals surface area contributed by atoms with E-state index in [-0.39, 0.29) is 0 Å². The average Bonchev–Trinajstić information content (AvgIpc) is 2.37. The standard InChI is InChI=1S/C16H19NO/c1-11-5-3-7-13(9-11)15(17)16(18)14-8-4-6-12(2)10-14/h3-10,15-16,18H,17H2,1-2H3. The molecule has 0 spiro atoms. The summed E-state index contributed by atoms with van der Waals surface area (Å²) in [7, 11) is 0. The third-order valence-corrected chi connectivity index (χ3v) is 3.15. The summed E-state index contributed by atoms with van der Waals surface area (Å²) in [5, 5.41) is 10.3. The number of aliphatic hydroxyl groups excluding tert-OH is 1. The molecular formula is C16H19NO. The van der Waals surface area contributed by atoms with Gasteiger partial charge in [-0.3, -0.25) is 0 Å². The molecule has 2 atom stereocenters. The molecule has 2 aromatic carbocycles. The predicted molar refractivity (Wildman–Crippen MR) is 74.2 cm³/mol. The molecule has 3 N–H and O–H groups in total. The van der Waals surface area contributed by atoms with E-state index in [1.165, 1.54) is 0 Å². The van der Waals surface area contributed by atoms with Crippen LogP contribution in [0, 0.1) is 13.8 Å². The second-order valence-corrected chi connectivity index (χ2v) is 4.80. The van der Waals surface area contributed by atoms with E-state index in [1.54, 1.807) is 0 Å². The zero-order valence-corrected chi connectivity index (χ0v) is 10.8. The summed E-state index contributed by atoms with van der Waals surface area (Å²) >= 11 is 0. The van der Waals surface area contributed by atoms with Gasteiger partial charge in [-0.1, -0.05) is 59.7 Å². The van der Waals surface area contributed by atoms with E-state index >= 15 is 0 Å². The lowest BCUT2D eigenvalue weighted by Crippen LogP contribution is -2.19. The van der Waals surface area contributed by atoms with Crippen LogP contribution < -0.4 is 5.73 Å². The van der Waals surface area contributed by atoms with Crippen molar-refractivity contribution in [1.82, 2.24) is 0 Å². The number of hydrogen-bond donors (Lipinski definition) is 2.